The molecule has 0 fully saturated rings. The molecule has 3 aromatic rings. The zero-order valence-electron chi connectivity index (χ0n) is 14.5. The fourth-order valence-corrected chi connectivity index (χ4v) is 3.10. The highest BCUT2D eigenvalue weighted by atomic mass is 127. The van der Waals surface area contributed by atoms with Crippen LogP contribution in [-0.4, -0.2) is 28.5 Å². The Morgan fingerprint density at radius 3 is 2.81 bits per heavy atom. The highest BCUT2D eigenvalue weighted by Crippen LogP contribution is 2.31. The Kier molecular flexibility index (Phi) is 5.90. The highest BCUT2D eigenvalue weighted by molar-refractivity contribution is 14.1. The second-order valence-electron chi connectivity index (χ2n) is 5.98. The van der Waals surface area contributed by atoms with Crippen LogP contribution < -0.4 is 16.4 Å². The molecule has 0 radical (unpaired) electrons. The van der Waals surface area contributed by atoms with Gasteiger partial charge in [-0.1, -0.05) is 0 Å². The van der Waals surface area contributed by atoms with Gasteiger partial charge in [-0.05, 0) is 59.8 Å². The van der Waals surface area contributed by atoms with Crippen molar-refractivity contribution in [2.24, 2.45) is 12.8 Å². The molecule has 0 aliphatic rings. The minimum Gasteiger partial charge on any atom is -0.352 e. The predicted octanol–water partition coefficient (Wildman–Crippen LogP) is 3.28. The maximum absolute atomic E-state index is 15.1. The van der Waals surface area contributed by atoms with Gasteiger partial charge in [-0.3, -0.25) is 4.79 Å². The van der Waals surface area contributed by atoms with Crippen molar-refractivity contribution in [3.63, 3.8) is 0 Å². The minimum atomic E-state index is -0.713. The molecule has 0 aliphatic carbocycles. The Balaban J connectivity index is 2.09. The molecular formula is C18H18F2IN5O. The number of hydrogen-bond acceptors (Lipinski definition) is 4. The Hall–Kier alpha value is -2.27. The van der Waals surface area contributed by atoms with Gasteiger partial charge < -0.3 is 20.9 Å². The van der Waals surface area contributed by atoms with Crippen LogP contribution in [0.4, 0.5) is 20.2 Å². The van der Waals surface area contributed by atoms with Gasteiger partial charge in [-0.2, -0.15) is 0 Å². The molecule has 0 bridgehead atoms. The lowest BCUT2D eigenvalue weighted by molar-refractivity contribution is 0.0954. The number of halogens is 3. The number of amides is 1. The van der Waals surface area contributed by atoms with Gasteiger partial charge in [-0.25, -0.2) is 13.8 Å². The van der Waals surface area contributed by atoms with E-state index in [-0.39, 0.29) is 22.5 Å². The number of carbonyl (C=O) groups excluding carboxylic acids is 1. The number of nitrogens with two attached hydrogens (primary N) is 1. The number of rotatable bonds is 6. The van der Waals surface area contributed by atoms with E-state index in [0.29, 0.717) is 28.6 Å². The van der Waals surface area contributed by atoms with Crippen LogP contribution >= 0.6 is 22.6 Å². The second-order valence-corrected chi connectivity index (χ2v) is 7.23. The van der Waals surface area contributed by atoms with Gasteiger partial charge in [0, 0.05) is 17.2 Å². The third-order valence-corrected chi connectivity index (χ3v) is 4.73. The Morgan fingerprint density at radius 1 is 1.33 bits per heavy atom. The van der Waals surface area contributed by atoms with Crippen LogP contribution in [0.15, 0.2) is 30.6 Å². The van der Waals surface area contributed by atoms with E-state index in [2.05, 4.69) is 15.6 Å². The van der Waals surface area contributed by atoms with Gasteiger partial charge in [0.25, 0.3) is 5.91 Å². The van der Waals surface area contributed by atoms with Crippen LogP contribution in [0.3, 0.4) is 0 Å². The highest BCUT2D eigenvalue weighted by Gasteiger charge is 2.22. The summed E-state index contributed by atoms with van der Waals surface area (Å²) in [6, 6.07) is 6.04. The smallest absolute Gasteiger partial charge is 0.253 e. The number of fused-ring (bicyclic) bond motifs is 1. The van der Waals surface area contributed by atoms with Crippen molar-refractivity contribution in [1.29, 1.82) is 0 Å². The average molecular weight is 485 g/mol. The first kappa shape index (κ1) is 19.5. The molecule has 0 unspecified atom stereocenters. The van der Waals surface area contributed by atoms with Gasteiger partial charge in [0.05, 0.1) is 28.8 Å². The number of nitrogens with one attached hydrogen (secondary N) is 2. The number of aromatic nitrogens is 2. The third-order valence-electron chi connectivity index (χ3n) is 4.06. The lowest BCUT2D eigenvalue weighted by atomic mass is 10.1. The molecule has 1 amide bonds. The molecule has 2 aromatic carbocycles. The van der Waals surface area contributed by atoms with Gasteiger partial charge in [0.2, 0.25) is 0 Å². The molecule has 142 valence electrons. The standard InChI is InChI=1S/C18H18F2IN5O/c1-26-9-24-17-14(26)8-11(18(27)23-6-2-5-22)16(15(17)20)25-13-4-3-10(21)7-12(13)19/h3-4,7-9,25H,2,5-6,22H2,1H3,(H,23,27). The van der Waals surface area contributed by atoms with Crippen LogP contribution in [0, 0.1) is 15.2 Å². The number of imidazole rings is 1. The number of hydrogen-bond donors (Lipinski definition) is 3. The largest absolute Gasteiger partial charge is 0.352 e. The molecule has 0 saturated carbocycles. The molecular weight excluding hydrogens is 467 g/mol. The molecule has 0 aliphatic heterocycles. The quantitative estimate of drug-likeness (QED) is 0.370. The number of anilines is 2. The summed E-state index contributed by atoms with van der Waals surface area (Å²) in [5, 5.41) is 5.42. The number of nitrogens with zero attached hydrogens (tertiary/aromatic N) is 2. The number of aryl methyl sites for hydroxylation is 1. The maximum atomic E-state index is 15.1. The van der Waals surface area contributed by atoms with Crippen molar-refractivity contribution in [3.8, 4) is 0 Å². The summed E-state index contributed by atoms with van der Waals surface area (Å²) in [7, 11) is 1.71. The van der Waals surface area contributed by atoms with Gasteiger partial charge in [0.15, 0.2) is 5.82 Å². The SMILES string of the molecule is Cn1cnc2c(F)c(Nc3ccc(I)cc3F)c(C(=O)NCCCN)cc21. The van der Waals surface area contributed by atoms with E-state index in [1.807, 2.05) is 22.6 Å². The fourth-order valence-electron chi connectivity index (χ4n) is 2.65. The monoisotopic (exact) mass is 485 g/mol. The molecule has 0 spiro atoms. The summed E-state index contributed by atoms with van der Waals surface area (Å²) < 4.78 is 31.7. The van der Waals surface area contributed by atoms with Gasteiger partial charge in [0.1, 0.15) is 11.3 Å². The van der Waals surface area contributed by atoms with Crippen molar-refractivity contribution < 1.29 is 13.6 Å². The molecule has 9 heteroatoms. The van der Waals surface area contributed by atoms with E-state index in [1.165, 1.54) is 24.5 Å². The van der Waals surface area contributed by atoms with E-state index < -0.39 is 17.5 Å². The molecule has 0 atom stereocenters. The minimum absolute atomic E-state index is 0.0681. The summed E-state index contributed by atoms with van der Waals surface area (Å²) >= 11 is 1.98. The molecule has 27 heavy (non-hydrogen) atoms. The fraction of sp³-hybridized carbons (Fsp3) is 0.222. The van der Waals surface area contributed by atoms with E-state index in [9.17, 15) is 9.18 Å². The lowest BCUT2D eigenvalue weighted by Crippen LogP contribution is -2.27. The lowest BCUT2D eigenvalue weighted by Gasteiger charge is -2.15. The summed E-state index contributed by atoms with van der Waals surface area (Å²) in [6.07, 6.45) is 2.05. The van der Waals surface area contributed by atoms with E-state index in [1.54, 1.807) is 17.7 Å². The van der Waals surface area contributed by atoms with Gasteiger partial charge in [-0.15, -0.1) is 0 Å². The first-order valence-electron chi connectivity index (χ1n) is 8.26. The van der Waals surface area contributed by atoms with E-state index in [0.717, 1.165) is 0 Å². The maximum Gasteiger partial charge on any atom is 0.253 e. The van der Waals surface area contributed by atoms with E-state index in [4.69, 9.17) is 5.73 Å². The second kappa shape index (κ2) is 8.17. The Morgan fingerprint density at radius 2 is 2.11 bits per heavy atom. The van der Waals surface area contributed by atoms with Gasteiger partial charge >= 0.3 is 0 Å². The molecule has 6 nitrogen and oxygen atoms in total. The molecule has 0 saturated heterocycles. The average Bonchev–Trinajstić information content (AvgIpc) is 3.00. The van der Waals surface area contributed by atoms with Crippen LogP contribution in [0.25, 0.3) is 11.0 Å². The number of carbonyl (C=O) groups is 1. The molecule has 1 aromatic heterocycles. The molecule has 1 heterocycles. The predicted molar refractivity (Wildman–Crippen MR) is 109 cm³/mol. The van der Waals surface area contributed by atoms with Crippen LogP contribution in [0.2, 0.25) is 0 Å². The summed E-state index contributed by atoms with van der Waals surface area (Å²) in [6.45, 7) is 0.784. The van der Waals surface area contributed by atoms with E-state index >= 15 is 4.39 Å². The number of benzene rings is 2. The third kappa shape index (κ3) is 4.03. The summed E-state index contributed by atoms with van der Waals surface area (Å²) in [4.78, 5) is 16.7. The van der Waals surface area contributed by atoms with Crippen molar-refractivity contribution in [1.82, 2.24) is 14.9 Å². The summed E-state index contributed by atoms with van der Waals surface area (Å²) in [5.74, 6) is -1.73. The molecule has 3 rings (SSSR count). The van der Waals surface area contributed by atoms with Crippen LogP contribution in [-0.2, 0) is 7.05 Å². The van der Waals surface area contributed by atoms with Crippen molar-refractivity contribution in [2.45, 2.75) is 6.42 Å². The zero-order chi connectivity index (χ0) is 19.6. The van der Waals surface area contributed by atoms with Crippen molar-refractivity contribution in [2.75, 3.05) is 18.4 Å². The first-order chi connectivity index (χ1) is 12.9. The molecule has 4 N–H and O–H groups in total. The van der Waals surface area contributed by atoms with Crippen LogP contribution in [0.5, 0.6) is 0 Å². The van der Waals surface area contributed by atoms with Crippen molar-refractivity contribution >= 4 is 50.9 Å². The van der Waals surface area contributed by atoms with Crippen LogP contribution in [0.1, 0.15) is 16.8 Å². The first-order valence-corrected chi connectivity index (χ1v) is 9.34. The Labute approximate surface area is 168 Å². The summed E-state index contributed by atoms with van der Waals surface area (Å²) in [5.41, 5.74) is 6.02. The zero-order valence-corrected chi connectivity index (χ0v) is 16.7. The Bertz CT molecular complexity index is 1010. The normalized spacial score (nSPS) is 11.0. The van der Waals surface area contributed by atoms with Crippen molar-refractivity contribution in [3.05, 3.63) is 51.4 Å². The topological polar surface area (TPSA) is 85.0 Å².